The van der Waals surface area contributed by atoms with Gasteiger partial charge in [0.2, 0.25) is 0 Å². The summed E-state index contributed by atoms with van der Waals surface area (Å²) in [6.45, 7) is 0.709. The summed E-state index contributed by atoms with van der Waals surface area (Å²) in [5, 5.41) is 0.597. The molecule has 0 radical (unpaired) electrons. The molecule has 1 aliphatic heterocycles. The third-order valence-electron chi connectivity index (χ3n) is 4.83. The monoisotopic (exact) mass is 370 g/mol. The number of hydrogen-bond acceptors (Lipinski definition) is 2. The van der Waals surface area contributed by atoms with Gasteiger partial charge in [0, 0.05) is 22.6 Å². The van der Waals surface area contributed by atoms with Gasteiger partial charge >= 0.3 is 0 Å². The lowest BCUT2D eigenvalue weighted by Gasteiger charge is -2.43. The van der Waals surface area contributed by atoms with E-state index in [0.29, 0.717) is 11.6 Å². The highest BCUT2D eigenvalue weighted by atomic mass is 79.9. The predicted octanol–water partition coefficient (Wildman–Crippen LogP) is 5.41. The van der Waals surface area contributed by atoms with Crippen LogP contribution in [0.2, 0.25) is 5.02 Å². The van der Waals surface area contributed by atoms with Crippen LogP contribution in [0.4, 0.5) is 0 Å². The molecule has 0 aromatic heterocycles. The molecule has 1 saturated heterocycles. The molecule has 114 valence electrons. The van der Waals surface area contributed by atoms with Crippen molar-refractivity contribution in [1.29, 1.82) is 0 Å². The number of rotatable bonds is 2. The molecular weight excluding hydrogens is 352 g/mol. The second-order valence-electron chi connectivity index (χ2n) is 6.27. The number of ether oxygens (including phenoxy) is 1. The average molecular weight is 372 g/mol. The molecule has 1 aromatic carbocycles. The maximum absolute atomic E-state index is 12.8. The van der Waals surface area contributed by atoms with Crippen LogP contribution in [-0.2, 0) is 4.74 Å². The number of halogens is 2. The molecule has 3 rings (SSSR count). The predicted molar refractivity (Wildman–Crippen MR) is 88.0 cm³/mol. The first kappa shape index (κ1) is 15.5. The lowest BCUT2D eigenvalue weighted by Crippen LogP contribution is -2.43. The summed E-state index contributed by atoms with van der Waals surface area (Å²) in [4.78, 5) is 12.8. The van der Waals surface area contributed by atoms with E-state index in [4.69, 9.17) is 16.3 Å². The third kappa shape index (κ3) is 3.35. The fourth-order valence-electron chi connectivity index (χ4n) is 3.68. The second kappa shape index (κ2) is 6.39. The van der Waals surface area contributed by atoms with Gasteiger partial charge in [0.25, 0.3) is 0 Å². The minimum atomic E-state index is -0.0318. The quantitative estimate of drug-likeness (QED) is 0.649. The smallest absolute Gasteiger partial charge is 0.166 e. The first-order chi connectivity index (χ1) is 10.1. The van der Waals surface area contributed by atoms with Gasteiger partial charge in [0.05, 0.1) is 10.6 Å². The molecule has 1 saturated carbocycles. The molecule has 1 aliphatic carbocycles. The van der Waals surface area contributed by atoms with E-state index in [1.807, 2.05) is 12.1 Å². The van der Waals surface area contributed by atoms with Gasteiger partial charge in [-0.05, 0) is 53.7 Å². The maximum atomic E-state index is 12.8. The molecule has 1 heterocycles. The van der Waals surface area contributed by atoms with Crippen LogP contribution in [0.5, 0.6) is 0 Å². The summed E-state index contributed by atoms with van der Waals surface area (Å²) < 4.78 is 6.91. The number of benzene rings is 1. The zero-order valence-electron chi connectivity index (χ0n) is 12.0. The van der Waals surface area contributed by atoms with Gasteiger partial charge in [-0.1, -0.05) is 36.9 Å². The van der Waals surface area contributed by atoms with Gasteiger partial charge in [-0.3, -0.25) is 4.79 Å². The Kier molecular flexibility index (Phi) is 4.72. The number of carbonyl (C=O) groups excluding carboxylic acids is 1. The molecule has 2 nitrogen and oxygen atoms in total. The minimum absolute atomic E-state index is 0.0318. The molecule has 1 atom stereocenters. The van der Waals surface area contributed by atoms with Crippen molar-refractivity contribution in [3.05, 3.63) is 33.3 Å². The molecule has 4 heteroatoms. The van der Waals surface area contributed by atoms with E-state index in [-0.39, 0.29) is 17.3 Å². The van der Waals surface area contributed by atoms with Crippen molar-refractivity contribution in [2.45, 2.75) is 50.5 Å². The Morgan fingerprint density at radius 3 is 2.76 bits per heavy atom. The first-order valence-corrected chi connectivity index (χ1v) is 8.90. The van der Waals surface area contributed by atoms with Crippen molar-refractivity contribution in [1.82, 2.24) is 0 Å². The van der Waals surface area contributed by atoms with Crippen molar-refractivity contribution in [3.63, 3.8) is 0 Å². The van der Waals surface area contributed by atoms with Gasteiger partial charge in [-0.25, -0.2) is 0 Å². The summed E-state index contributed by atoms with van der Waals surface area (Å²) >= 11 is 9.48. The Morgan fingerprint density at radius 1 is 1.29 bits per heavy atom. The number of ketones is 1. The standard InChI is InChI=1S/C17H20BrClO2/c18-14-5-4-12(10-15(14)19)16(20)13-6-9-21-17(11-13)7-2-1-3-8-17/h4-5,10,13H,1-3,6-9,11H2. The molecule has 0 bridgehead atoms. The van der Waals surface area contributed by atoms with E-state index in [9.17, 15) is 4.79 Å². The van der Waals surface area contributed by atoms with Crippen molar-refractivity contribution < 1.29 is 9.53 Å². The van der Waals surface area contributed by atoms with Crippen LogP contribution in [0, 0.1) is 5.92 Å². The first-order valence-electron chi connectivity index (χ1n) is 7.73. The maximum Gasteiger partial charge on any atom is 0.166 e. The summed E-state index contributed by atoms with van der Waals surface area (Å²) in [6.07, 6.45) is 7.67. The van der Waals surface area contributed by atoms with Gasteiger partial charge in [0.1, 0.15) is 0 Å². The van der Waals surface area contributed by atoms with Gasteiger partial charge < -0.3 is 4.74 Å². The van der Waals surface area contributed by atoms with Crippen LogP contribution < -0.4 is 0 Å². The van der Waals surface area contributed by atoms with Crippen LogP contribution in [0.15, 0.2) is 22.7 Å². The molecular formula is C17H20BrClO2. The summed E-state index contributed by atoms with van der Waals surface area (Å²) in [7, 11) is 0. The zero-order valence-corrected chi connectivity index (χ0v) is 14.4. The zero-order chi connectivity index (χ0) is 14.9. The number of hydrogen-bond donors (Lipinski definition) is 0. The van der Waals surface area contributed by atoms with Crippen LogP contribution in [0.1, 0.15) is 55.3 Å². The molecule has 2 fully saturated rings. The molecule has 2 aliphatic rings. The van der Waals surface area contributed by atoms with E-state index < -0.39 is 0 Å². The van der Waals surface area contributed by atoms with Gasteiger partial charge in [-0.2, -0.15) is 0 Å². The number of carbonyl (C=O) groups is 1. The summed E-state index contributed by atoms with van der Waals surface area (Å²) in [6, 6.07) is 5.49. The Morgan fingerprint density at radius 2 is 2.05 bits per heavy atom. The average Bonchev–Trinajstić information content (AvgIpc) is 2.50. The molecule has 21 heavy (non-hydrogen) atoms. The van der Waals surface area contributed by atoms with E-state index in [1.54, 1.807) is 6.07 Å². The summed E-state index contributed by atoms with van der Waals surface area (Å²) in [5.74, 6) is 0.298. The third-order valence-corrected chi connectivity index (χ3v) is 6.07. The molecule has 1 aromatic rings. The molecule has 1 unspecified atom stereocenters. The lowest BCUT2D eigenvalue weighted by molar-refractivity contribution is -0.111. The number of Topliss-reactive ketones (excluding diaryl/α,β-unsaturated/α-hetero) is 1. The van der Waals surface area contributed by atoms with Crippen LogP contribution >= 0.6 is 27.5 Å². The highest BCUT2D eigenvalue weighted by molar-refractivity contribution is 9.10. The van der Waals surface area contributed by atoms with Crippen LogP contribution in [0.3, 0.4) is 0 Å². The van der Waals surface area contributed by atoms with Gasteiger partial charge in [-0.15, -0.1) is 0 Å². The second-order valence-corrected chi connectivity index (χ2v) is 7.54. The molecule has 0 amide bonds. The van der Waals surface area contributed by atoms with Crippen LogP contribution in [0.25, 0.3) is 0 Å². The topological polar surface area (TPSA) is 26.3 Å². The van der Waals surface area contributed by atoms with E-state index in [0.717, 1.165) is 35.7 Å². The largest absolute Gasteiger partial charge is 0.375 e. The fourth-order valence-corrected chi connectivity index (χ4v) is 4.11. The molecule has 0 N–H and O–H groups in total. The fraction of sp³-hybridized carbons (Fsp3) is 0.588. The van der Waals surface area contributed by atoms with E-state index in [1.165, 1.54) is 19.3 Å². The SMILES string of the molecule is O=C(c1ccc(Br)c(Cl)c1)C1CCOC2(CCCCC2)C1. The van der Waals surface area contributed by atoms with Crippen LogP contribution in [-0.4, -0.2) is 18.0 Å². The van der Waals surface area contributed by atoms with E-state index in [2.05, 4.69) is 15.9 Å². The highest BCUT2D eigenvalue weighted by Crippen LogP contribution is 2.41. The Hall–Kier alpha value is -0.380. The Labute approximate surface area is 139 Å². The van der Waals surface area contributed by atoms with Crippen molar-refractivity contribution in [2.75, 3.05) is 6.61 Å². The minimum Gasteiger partial charge on any atom is -0.375 e. The van der Waals surface area contributed by atoms with Gasteiger partial charge in [0.15, 0.2) is 5.78 Å². The van der Waals surface area contributed by atoms with Crippen molar-refractivity contribution >= 4 is 33.3 Å². The Balaban J connectivity index is 1.76. The van der Waals surface area contributed by atoms with Crippen molar-refractivity contribution in [2.24, 2.45) is 5.92 Å². The molecule has 1 spiro atoms. The normalized spacial score (nSPS) is 25.0. The Bertz CT molecular complexity index is 532. The van der Waals surface area contributed by atoms with E-state index >= 15 is 0 Å². The lowest BCUT2D eigenvalue weighted by atomic mass is 9.74. The summed E-state index contributed by atoms with van der Waals surface area (Å²) in [5.41, 5.74) is 0.691. The van der Waals surface area contributed by atoms with Crippen molar-refractivity contribution in [3.8, 4) is 0 Å². The highest BCUT2D eigenvalue weighted by Gasteiger charge is 2.40.